The number of ether oxygens (including phenoxy) is 1. The van der Waals surface area contributed by atoms with Crippen LogP contribution in [0.25, 0.3) is 0 Å². The molecule has 0 radical (unpaired) electrons. The van der Waals surface area contributed by atoms with E-state index >= 15 is 0 Å². The molecule has 0 bridgehead atoms. The van der Waals surface area contributed by atoms with Crippen molar-refractivity contribution in [3.63, 3.8) is 0 Å². The Kier molecular flexibility index (Phi) is 5.21. The number of methoxy groups -OCH3 is 1. The molecule has 116 valence electrons. The number of benzene rings is 1. The molecule has 0 spiro atoms. The fraction of sp³-hybridized carbons (Fsp3) is 0.267. The molecule has 22 heavy (non-hydrogen) atoms. The van der Waals surface area contributed by atoms with E-state index < -0.39 is 0 Å². The van der Waals surface area contributed by atoms with E-state index in [1.54, 1.807) is 24.3 Å². The fourth-order valence-corrected chi connectivity index (χ4v) is 2.62. The van der Waals surface area contributed by atoms with Gasteiger partial charge in [-0.25, -0.2) is 0 Å². The summed E-state index contributed by atoms with van der Waals surface area (Å²) in [7, 11) is 1.54. The second kappa shape index (κ2) is 7.13. The van der Waals surface area contributed by atoms with Gasteiger partial charge in [0.25, 0.3) is 0 Å². The minimum Gasteiger partial charge on any atom is -0.496 e. The molecule has 1 aromatic carbocycles. The highest BCUT2D eigenvalue weighted by atomic mass is 32.2. The maximum absolute atomic E-state index is 11.9. The van der Waals surface area contributed by atoms with Gasteiger partial charge in [-0.05, 0) is 26.0 Å². The zero-order valence-electron chi connectivity index (χ0n) is 12.6. The fourth-order valence-electron chi connectivity index (χ4n) is 1.81. The molecule has 1 aromatic heterocycles. The summed E-state index contributed by atoms with van der Waals surface area (Å²) in [6, 6.07) is 6.94. The highest BCUT2D eigenvalue weighted by Gasteiger charge is 2.11. The van der Waals surface area contributed by atoms with E-state index in [2.05, 4.69) is 15.5 Å². The van der Waals surface area contributed by atoms with Crippen LogP contribution < -0.4 is 10.1 Å². The number of nitrogens with one attached hydrogen (secondary N) is 2. The van der Waals surface area contributed by atoms with E-state index in [1.165, 1.54) is 25.8 Å². The number of carbonyl (C=O) groups excluding carboxylic acids is 2. The van der Waals surface area contributed by atoms with Crippen molar-refractivity contribution < 1.29 is 14.3 Å². The molecule has 0 fully saturated rings. The normalized spacial score (nSPS) is 10.3. The number of Topliss-reactive ketones (excluding diaryl/α,β-unsaturated/α-hetero) is 1. The van der Waals surface area contributed by atoms with Crippen LogP contribution >= 0.6 is 11.8 Å². The van der Waals surface area contributed by atoms with Crippen molar-refractivity contribution >= 4 is 29.3 Å². The molecule has 2 aromatic rings. The summed E-state index contributed by atoms with van der Waals surface area (Å²) >= 11 is 1.34. The Hall–Kier alpha value is -2.28. The van der Waals surface area contributed by atoms with Gasteiger partial charge in [0, 0.05) is 22.2 Å². The van der Waals surface area contributed by atoms with Gasteiger partial charge in [-0.3, -0.25) is 14.7 Å². The van der Waals surface area contributed by atoms with Gasteiger partial charge >= 0.3 is 0 Å². The van der Waals surface area contributed by atoms with Crippen LogP contribution in [-0.4, -0.2) is 34.8 Å². The summed E-state index contributed by atoms with van der Waals surface area (Å²) in [6.07, 6.45) is 0. The molecular formula is C15H17N3O3S. The first-order valence-electron chi connectivity index (χ1n) is 6.63. The molecule has 0 aliphatic rings. The highest BCUT2D eigenvalue weighted by Crippen LogP contribution is 2.30. The lowest BCUT2D eigenvalue weighted by molar-refractivity contribution is -0.113. The number of nitrogens with zero attached hydrogens (tertiary/aromatic N) is 1. The number of thioether (sulfide) groups is 1. The number of aromatic nitrogens is 2. The van der Waals surface area contributed by atoms with E-state index in [4.69, 9.17) is 4.74 Å². The number of hydrogen-bond acceptors (Lipinski definition) is 5. The van der Waals surface area contributed by atoms with Crippen molar-refractivity contribution in [2.45, 2.75) is 18.7 Å². The summed E-state index contributed by atoms with van der Waals surface area (Å²) in [5.74, 6) is 1.13. The lowest BCUT2D eigenvalue weighted by Gasteiger charge is -2.09. The van der Waals surface area contributed by atoms with Gasteiger partial charge in [0.2, 0.25) is 5.91 Å². The lowest BCUT2D eigenvalue weighted by atomic mass is 10.1. The van der Waals surface area contributed by atoms with Crippen molar-refractivity contribution in [1.29, 1.82) is 0 Å². The first kappa shape index (κ1) is 16.1. The van der Waals surface area contributed by atoms with Crippen molar-refractivity contribution in [3.05, 3.63) is 35.5 Å². The Morgan fingerprint density at radius 2 is 2.14 bits per heavy atom. The average molecular weight is 319 g/mol. The first-order valence-corrected chi connectivity index (χ1v) is 7.62. The molecule has 2 rings (SSSR count). The number of H-pyrrole nitrogens is 1. The minimum absolute atomic E-state index is 0.0264. The zero-order valence-corrected chi connectivity index (χ0v) is 13.4. The third-order valence-corrected chi connectivity index (χ3v) is 3.96. The zero-order chi connectivity index (χ0) is 16.1. The molecule has 7 heteroatoms. The van der Waals surface area contributed by atoms with E-state index in [-0.39, 0.29) is 17.4 Å². The van der Waals surface area contributed by atoms with Crippen LogP contribution in [0.5, 0.6) is 5.75 Å². The predicted molar refractivity (Wildman–Crippen MR) is 85.7 cm³/mol. The molecular weight excluding hydrogens is 302 g/mol. The van der Waals surface area contributed by atoms with Crippen LogP contribution in [0.15, 0.2) is 29.2 Å². The third-order valence-electron chi connectivity index (χ3n) is 2.90. The summed E-state index contributed by atoms with van der Waals surface area (Å²) in [4.78, 5) is 24.1. The number of rotatable bonds is 6. The third kappa shape index (κ3) is 4.11. The highest BCUT2D eigenvalue weighted by molar-refractivity contribution is 8.00. The number of carbonyl (C=O) groups is 2. The molecule has 0 saturated carbocycles. The number of ketones is 1. The van der Waals surface area contributed by atoms with Crippen LogP contribution in [0.3, 0.4) is 0 Å². The summed E-state index contributed by atoms with van der Waals surface area (Å²) in [6.45, 7) is 3.36. The van der Waals surface area contributed by atoms with E-state index in [9.17, 15) is 9.59 Å². The second-order valence-electron chi connectivity index (χ2n) is 4.69. The van der Waals surface area contributed by atoms with Crippen molar-refractivity contribution in [2.24, 2.45) is 0 Å². The van der Waals surface area contributed by atoms with Gasteiger partial charge in [0.05, 0.1) is 12.9 Å². The van der Waals surface area contributed by atoms with Gasteiger partial charge in [-0.1, -0.05) is 6.07 Å². The lowest BCUT2D eigenvalue weighted by Crippen LogP contribution is -2.14. The predicted octanol–water partition coefficient (Wildman–Crippen LogP) is 2.66. The topological polar surface area (TPSA) is 84.1 Å². The van der Waals surface area contributed by atoms with Crippen LogP contribution in [0.4, 0.5) is 5.82 Å². The Bertz CT molecular complexity index is 697. The van der Waals surface area contributed by atoms with E-state index in [0.29, 0.717) is 17.1 Å². The van der Waals surface area contributed by atoms with Crippen LogP contribution in [-0.2, 0) is 4.79 Å². The van der Waals surface area contributed by atoms with Crippen LogP contribution in [0.1, 0.15) is 23.0 Å². The van der Waals surface area contributed by atoms with Gasteiger partial charge in [-0.2, -0.15) is 5.10 Å². The molecule has 6 nitrogen and oxygen atoms in total. The maximum Gasteiger partial charge on any atom is 0.235 e. The molecule has 0 unspecified atom stereocenters. The number of hydrogen-bond donors (Lipinski definition) is 2. The molecule has 0 aliphatic carbocycles. The van der Waals surface area contributed by atoms with Gasteiger partial charge in [0.1, 0.15) is 5.75 Å². The molecule has 2 N–H and O–H groups in total. The SMILES string of the molecule is COc1cc(C(C)=O)ccc1SCC(=O)Nc1cc(C)[nH]n1. The molecule has 0 aliphatic heterocycles. The molecule has 1 heterocycles. The second-order valence-corrected chi connectivity index (χ2v) is 5.71. The van der Waals surface area contributed by atoms with Crippen molar-refractivity contribution in [1.82, 2.24) is 10.2 Å². The van der Waals surface area contributed by atoms with Crippen molar-refractivity contribution in [3.8, 4) is 5.75 Å². The largest absolute Gasteiger partial charge is 0.496 e. The van der Waals surface area contributed by atoms with E-state index in [0.717, 1.165) is 10.6 Å². The van der Waals surface area contributed by atoms with Gasteiger partial charge < -0.3 is 10.1 Å². The van der Waals surface area contributed by atoms with Crippen LogP contribution in [0, 0.1) is 6.92 Å². The number of amides is 1. The maximum atomic E-state index is 11.9. The Labute approximate surface area is 132 Å². The summed E-state index contributed by atoms with van der Waals surface area (Å²) in [5.41, 5.74) is 1.46. The first-order chi connectivity index (χ1) is 10.5. The minimum atomic E-state index is -0.158. The molecule has 0 atom stereocenters. The Balaban J connectivity index is 1.98. The monoisotopic (exact) mass is 319 g/mol. The van der Waals surface area contributed by atoms with Crippen LogP contribution in [0.2, 0.25) is 0 Å². The Morgan fingerprint density at radius 3 is 2.73 bits per heavy atom. The van der Waals surface area contributed by atoms with Crippen molar-refractivity contribution in [2.75, 3.05) is 18.2 Å². The summed E-state index contributed by atoms with van der Waals surface area (Å²) < 4.78 is 5.27. The molecule has 1 amide bonds. The number of aryl methyl sites for hydroxylation is 1. The number of anilines is 1. The number of aromatic amines is 1. The standard InChI is InChI=1S/C15H17N3O3S/c1-9-6-14(18-17-9)16-15(20)8-22-13-5-4-11(10(2)19)7-12(13)21-3/h4-7H,8H2,1-3H3,(H2,16,17,18,20). The smallest absolute Gasteiger partial charge is 0.235 e. The molecule has 0 saturated heterocycles. The van der Waals surface area contributed by atoms with E-state index in [1.807, 2.05) is 6.92 Å². The van der Waals surface area contributed by atoms with Gasteiger partial charge in [0.15, 0.2) is 11.6 Å². The average Bonchev–Trinajstić information content (AvgIpc) is 2.89. The van der Waals surface area contributed by atoms with Gasteiger partial charge in [-0.15, -0.1) is 11.8 Å². The quantitative estimate of drug-likeness (QED) is 0.631. The summed E-state index contributed by atoms with van der Waals surface area (Å²) in [5, 5.41) is 9.41. The Morgan fingerprint density at radius 1 is 1.36 bits per heavy atom.